The number of fused-ring (bicyclic) bond motifs is 1. The molecule has 2 heterocycles. The highest BCUT2D eigenvalue weighted by molar-refractivity contribution is 6.02. The molecule has 0 bridgehead atoms. The number of carbonyl (C=O) groups excluding carboxylic acids is 2. The molecule has 5 heteroatoms. The summed E-state index contributed by atoms with van der Waals surface area (Å²) < 4.78 is 5.26. The van der Waals surface area contributed by atoms with Crippen LogP contribution in [0.4, 0.5) is 0 Å². The van der Waals surface area contributed by atoms with E-state index in [0.29, 0.717) is 0 Å². The summed E-state index contributed by atoms with van der Waals surface area (Å²) in [5, 5.41) is 13.4. The van der Waals surface area contributed by atoms with Gasteiger partial charge in [-0.05, 0) is 26.2 Å². The Bertz CT molecular complexity index is 515. The third kappa shape index (κ3) is 1.95. The fourth-order valence-electron chi connectivity index (χ4n) is 3.76. The minimum atomic E-state index is -1.34. The Balaban J connectivity index is 0.000000847. The molecule has 0 radical (unpaired) electrons. The van der Waals surface area contributed by atoms with Crippen molar-refractivity contribution in [1.82, 2.24) is 5.32 Å². The molecule has 2 fully saturated rings. The minimum Gasteiger partial charge on any atom is -0.453 e. The largest absolute Gasteiger partial charge is 0.453 e. The Kier molecular flexibility index (Phi) is 4.47. The number of hydrogen-bond donors (Lipinski definition) is 2. The highest BCUT2D eigenvalue weighted by atomic mass is 16.6. The zero-order valence-corrected chi connectivity index (χ0v) is 13.5. The Morgan fingerprint density at radius 1 is 1.50 bits per heavy atom. The molecule has 0 saturated carbocycles. The van der Waals surface area contributed by atoms with Gasteiger partial charge < -0.3 is 15.2 Å². The standard InChI is InChI=1S/C15H19NO4.C2H6/c1-3-10-12(18)16-15(13(19)20-14(10,15)2)11(17)9-7-5-4-6-8-9;1-2/h3,5,7,9-11,17H,1,4,6,8H2,2H3,(H,16,18);1-2H3/t9-,10+,11?,14+,15+;/m1./s1. The number of rotatable bonds is 3. The molecular weight excluding hydrogens is 282 g/mol. The van der Waals surface area contributed by atoms with Gasteiger partial charge in [0.25, 0.3) is 0 Å². The number of aliphatic hydroxyl groups excluding tert-OH is 1. The lowest BCUT2D eigenvalue weighted by atomic mass is 9.65. The zero-order chi connectivity index (χ0) is 16.5. The van der Waals surface area contributed by atoms with Crippen LogP contribution in [0.15, 0.2) is 24.8 Å². The van der Waals surface area contributed by atoms with E-state index < -0.39 is 29.1 Å². The fraction of sp³-hybridized carbons (Fsp3) is 0.647. The molecule has 1 aliphatic carbocycles. The smallest absolute Gasteiger partial charge is 0.339 e. The first-order valence-electron chi connectivity index (χ1n) is 8.00. The number of aliphatic hydroxyl groups is 1. The van der Waals surface area contributed by atoms with Crippen LogP contribution in [0.25, 0.3) is 0 Å². The third-order valence-electron chi connectivity index (χ3n) is 4.98. The molecule has 2 N–H and O–H groups in total. The lowest BCUT2D eigenvalue weighted by molar-refractivity contribution is -0.235. The average Bonchev–Trinajstić information content (AvgIpc) is 2.72. The van der Waals surface area contributed by atoms with Gasteiger partial charge in [0, 0.05) is 5.92 Å². The fourth-order valence-corrected chi connectivity index (χ4v) is 3.76. The van der Waals surface area contributed by atoms with Gasteiger partial charge >= 0.3 is 5.97 Å². The minimum absolute atomic E-state index is 0.139. The normalized spacial score (nSPS) is 40.4. The summed E-state index contributed by atoms with van der Waals surface area (Å²) in [5.74, 6) is -1.63. The Morgan fingerprint density at radius 3 is 2.68 bits per heavy atom. The lowest BCUT2D eigenvalue weighted by Gasteiger charge is -2.54. The van der Waals surface area contributed by atoms with Crippen molar-refractivity contribution in [3.8, 4) is 0 Å². The predicted octanol–water partition coefficient (Wildman–Crippen LogP) is 1.72. The maximum Gasteiger partial charge on any atom is 0.339 e. The van der Waals surface area contributed by atoms with Gasteiger partial charge in [-0.15, -0.1) is 6.58 Å². The van der Waals surface area contributed by atoms with Crippen molar-refractivity contribution in [3.05, 3.63) is 24.8 Å². The van der Waals surface area contributed by atoms with E-state index >= 15 is 0 Å². The molecule has 2 saturated heterocycles. The highest BCUT2D eigenvalue weighted by Gasteiger charge is 2.79. The first-order valence-corrected chi connectivity index (χ1v) is 8.00. The monoisotopic (exact) mass is 307 g/mol. The molecule has 5 atom stereocenters. The summed E-state index contributed by atoms with van der Waals surface area (Å²) in [6.45, 7) is 9.33. The van der Waals surface area contributed by atoms with Crippen LogP contribution in [0.1, 0.15) is 40.0 Å². The maximum atomic E-state index is 12.1. The van der Waals surface area contributed by atoms with E-state index in [1.54, 1.807) is 6.92 Å². The van der Waals surface area contributed by atoms with Gasteiger partial charge in [0.1, 0.15) is 0 Å². The molecule has 122 valence electrons. The van der Waals surface area contributed by atoms with Gasteiger partial charge in [0.2, 0.25) is 11.4 Å². The number of allylic oxidation sites excluding steroid dienone is 1. The summed E-state index contributed by atoms with van der Waals surface area (Å²) >= 11 is 0. The molecule has 3 rings (SSSR count). The number of carbonyl (C=O) groups is 2. The first kappa shape index (κ1) is 16.7. The van der Waals surface area contributed by atoms with Crippen LogP contribution < -0.4 is 5.32 Å². The third-order valence-corrected chi connectivity index (χ3v) is 4.98. The number of nitrogens with one attached hydrogen (secondary N) is 1. The molecule has 2 aliphatic heterocycles. The van der Waals surface area contributed by atoms with Crippen molar-refractivity contribution < 1.29 is 19.4 Å². The van der Waals surface area contributed by atoms with Crippen LogP contribution in [0.3, 0.4) is 0 Å². The van der Waals surface area contributed by atoms with Gasteiger partial charge in [-0.2, -0.15) is 0 Å². The van der Waals surface area contributed by atoms with Gasteiger partial charge in [-0.3, -0.25) is 4.79 Å². The maximum absolute atomic E-state index is 12.1. The Hall–Kier alpha value is -1.62. The SMILES string of the molecule is C=C[C@H]1C(=O)N[C@@]2(C(O)[C@@H]3C=CCCC3)C(=O)O[C@@]12C.CC. The number of hydrogen-bond acceptors (Lipinski definition) is 4. The van der Waals surface area contributed by atoms with Crippen molar-refractivity contribution in [3.63, 3.8) is 0 Å². The quantitative estimate of drug-likeness (QED) is 0.615. The van der Waals surface area contributed by atoms with Crippen LogP contribution >= 0.6 is 0 Å². The van der Waals surface area contributed by atoms with Crippen LogP contribution in [0.5, 0.6) is 0 Å². The first-order chi connectivity index (χ1) is 10.5. The highest BCUT2D eigenvalue weighted by Crippen LogP contribution is 2.52. The Labute approximate surface area is 131 Å². The Morgan fingerprint density at radius 2 is 2.18 bits per heavy atom. The molecular formula is C17H25NO4. The summed E-state index contributed by atoms with van der Waals surface area (Å²) in [6.07, 6.45) is 7.21. The molecule has 22 heavy (non-hydrogen) atoms. The number of esters is 1. The molecule has 0 aromatic carbocycles. The summed E-state index contributed by atoms with van der Waals surface area (Å²) in [4.78, 5) is 24.1. The van der Waals surface area contributed by atoms with Gasteiger partial charge in [0.05, 0.1) is 12.0 Å². The van der Waals surface area contributed by atoms with Gasteiger partial charge in [-0.25, -0.2) is 4.79 Å². The summed E-state index contributed by atoms with van der Waals surface area (Å²) in [6, 6.07) is 0. The van der Waals surface area contributed by atoms with Gasteiger partial charge in [0.15, 0.2) is 5.60 Å². The van der Waals surface area contributed by atoms with Crippen molar-refractivity contribution in [2.75, 3.05) is 0 Å². The van der Waals surface area contributed by atoms with E-state index in [1.165, 1.54) is 6.08 Å². The predicted molar refractivity (Wildman–Crippen MR) is 82.9 cm³/mol. The van der Waals surface area contributed by atoms with Crippen LogP contribution in [-0.2, 0) is 14.3 Å². The molecule has 0 aromatic heterocycles. The molecule has 0 spiro atoms. The lowest BCUT2D eigenvalue weighted by Crippen LogP contribution is -2.80. The van der Waals surface area contributed by atoms with Crippen molar-refractivity contribution in [2.24, 2.45) is 11.8 Å². The van der Waals surface area contributed by atoms with Crippen molar-refractivity contribution in [1.29, 1.82) is 0 Å². The van der Waals surface area contributed by atoms with E-state index in [-0.39, 0.29) is 11.8 Å². The summed E-state index contributed by atoms with van der Waals surface area (Å²) in [5.41, 5.74) is -2.39. The van der Waals surface area contributed by atoms with Crippen LogP contribution in [0, 0.1) is 11.8 Å². The topological polar surface area (TPSA) is 75.6 Å². The van der Waals surface area contributed by atoms with E-state index in [2.05, 4.69) is 11.9 Å². The van der Waals surface area contributed by atoms with E-state index in [0.717, 1.165) is 19.3 Å². The van der Waals surface area contributed by atoms with Gasteiger partial charge in [-0.1, -0.05) is 32.1 Å². The second-order valence-electron chi connectivity index (χ2n) is 5.97. The number of ether oxygens (including phenoxy) is 1. The molecule has 1 unspecified atom stereocenters. The number of amides is 1. The molecule has 0 aromatic rings. The van der Waals surface area contributed by atoms with Crippen molar-refractivity contribution >= 4 is 11.9 Å². The van der Waals surface area contributed by atoms with Crippen molar-refractivity contribution in [2.45, 2.75) is 57.3 Å². The second-order valence-corrected chi connectivity index (χ2v) is 5.97. The van der Waals surface area contributed by atoms with E-state index in [4.69, 9.17) is 4.74 Å². The molecule has 1 amide bonds. The average molecular weight is 307 g/mol. The second kappa shape index (κ2) is 5.88. The van der Waals surface area contributed by atoms with E-state index in [9.17, 15) is 14.7 Å². The molecule has 5 nitrogen and oxygen atoms in total. The summed E-state index contributed by atoms with van der Waals surface area (Å²) in [7, 11) is 0. The van der Waals surface area contributed by atoms with Crippen LogP contribution in [-0.4, -0.2) is 34.2 Å². The van der Waals surface area contributed by atoms with E-state index in [1.807, 2.05) is 26.0 Å². The van der Waals surface area contributed by atoms with Crippen LogP contribution in [0.2, 0.25) is 0 Å². The zero-order valence-electron chi connectivity index (χ0n) is 13.5. The molecule has 3 aliphatic rings.